The van der Waals surface area contributed by atoms with Gasteiger partial charge in [-0.05, 0) is 63.1 Å². The Morgan fingerprint density at radius 3 is 2.43 bits per heavy atom. The first kappa shape index (κ1) is 25.3. The van der Waals surface area contributed by atoms with Gasteiger partial charge in [0.2, 0.25) is 0 Å². The predicted octanol–water partition coefficient (Wildman–Crippen LogP) is 4.90. The van der Waals surface area contributed by atoms with Gasteiger partial charge in [-0.25, -0.2) is 14.4 Å². The third-order valence-corrected chi connectivity index (χ3v) is 5.33. The lowest BCUT2D eigenvalue weighted by Crippen LogP contribution is -2.48. The number of benzene rings is 2. The summed E-state index contributed by atoms with van der Waals surface area (Å²) >= 11 is 0. The molecule has 2 aromatic rings. The van der Waals surface area contributed by atoms with Crippen LogP contribution in [-0.4, -0.2) is 35.6 Å². The molecule has 0 saturated heterocycles. The Bertz CT molecular complexity index is 1200. The van der Waals surface area contributed by atoms with Crippen molar-refractivity contribution >= 4 is 29.4 Å². The molecule has 1 atom stereocenters. The first-order valence-corrected chi connectivity index (χ1v) is 11.4. The standard InChI is InChI=1S/C26H29N5O4/c1-5-12-31-17(4)22(24(32)35-16(2)3)23(30-26(31)34)19-9-7-11-21(14-19)29-25(33)28-20-10-6-8-18(13-20)15-27/h6-11,13-14,16,23H,5,12H2,1-4H3,(H,30,34)(H2,28,29,33). The number of amides is 4. The molecule has 3 rings (SSSR count). The number of carbonyl (C=O) groups is 3. The molecule has 0 fully saturated rings. The SMILES string of the molecule is CCCN1C(=O)NC(c2cccc(NC(=O)Nc3cccc(C#N)c3)c2)C(C(=O)OC(C)C)=C1C. The van der Waals surface area contributed by atoms with Crippen molar-refractivity contribution in [1.82, 2.24) is 10.2 Å². The summed E-state index contributed by atoms with van der Waals surface area (Å²) in [4.78, 5) is 39.9. The van der Waals surface area contributed by atoms with Crippen molar-refractivity contribution in [3.05, 3.63) is 70.9 Å². The van der Waals surface area contributed by atoms with E-state index in [1.54, 1.807) is 74.2 Å². The minimum Gasteiger partial charge on any atom is -0.459 e. The molecule has 0 bridgehead atoms. The topological polar surface area (TPSA) is 124 Å². The van der Waals surface area contributed by atoms with Crippen molar-refractivity contribution in [3.63, 3.8) is 0 Å². The molecule has 1 heterocycles. The lowest BCUT2D eigenvalue weighted by Gasteiger charge is -2.35. The van der Waals surface area contributed by atoms with Crippen LogP contribution in [0.1, 0.15) is 51.3 Å². The van der Waals surface area contributed by atoms with Crippen molar-refractivity contribution in [2.45, 2.75) is 46.3 Å². The molecule has 9 heteroatoms. The minimum atomic E-state index is -0.737. The summed E-state index contributed by atoms with van der Waals surface area (Å²) in [6, 6.07) is 14.0. The zero-order valence-electron chi connectivity index (χ0n) is 20.2. The summed E-state index contributed by atoms with van der Waals surface area (Å²) in [5, 5.41) is 17.4. The van der Waals surface area contributed by atoms with Crippen molar-refractivity contribution in [1.29, 1.82) is 5.26 Å². The van der Waals surface area contributed by atoms with Crippen molar-refractivity contribution < 1.29 is 19.1 Å². The number of nitrogens with zero attached hydrogens (tertiary/aromatic N) is 2. The number of hydrogen-bond donors (Lipinski definition) is 3. The third kappa shape index (κ3) is 6.18. The number of rotatable bonds is 7. The van der Waals surface area contributed by atoms with Gasteiger partial charge in [0.1, 0.15) is 0 Å². The molecule has 9 nitrogen and oxygen atoms in total. The van der Waals surface area contributed by atoms with Gasteiger partial charge in [0.05, 0.1) is 29.4 Å². The van der Waals surface area contributed by atoms with E-state index < -0.39 is 18.0 Å². The minimum absolute atomic E-state index is 0.302. The van der Waals surface area contributed by atoms with E-state index in [2.05, 4.69) is 16.0 Å². The van der Waals surface area contributed by atoms with Gasteiger partial charge in [-0.15, -0.1) is 0 Å². The molecule has 4 amide bonds. The van der Waals surface area contributed by atoms with Crippen molar-refractivity contribution in [3.8, 4) is 6.07 Å². The predicted molar refractivity (Wildman–Crippen MR) is 132 cm³/mol. The maximum Gasteiger partial charge on any atom is 0.338 e. The summed E-state index contributed by atoms with van der Waals surface area (Å²) in [7, 11) is 0. The van der Waals surface area contributed by atoms with Crippen LogP contribution in [-0.2, 0) is 9.53 Å². The first-order valence-electron chi connectivity index (χ1n) is 11.4. The van der Waals surface area contributed by atoms with Gasteiger partial charge >= 0.3 is 18.0 Å². The number of carbonyl (C=O) groups excluding carboxylic acids is 3. The summed E-state index contributed by atoms with van der Waals surface area (Å²) in [5.41, 5.74) is 2.88. The van der Waals surface area contributed by atoms with Gasteiger partial charge in [-0.2, -0.15) is 5.26 Å². The average molecular weight is 476 g/mol. The molecule has 0 aromatic heterocycles. The largest absolute Gasteiger partial charge is 0.459 e. The summed E-state index contributed by atoms with van der Waals surface area (Å²) in [6.45, 7) is 7.70. The smallest absolute Gasteiger partial charge is 0.338 e. The first-order chi connectivity index (χ1) is 16.7. The molecule has 3 N–H and O–H groups in total. The summed E-state index contributed by atoms with van der Waals surface area (Å²) in [5.74, 6) is -0.503. The zero-order valence-corrected chi connectivity index (χ0v) is 20.2. The fourth-order valence-electron chi connectivity index (χ4n) is 3.82. The number of ether oxygens (including phenoxy) is 1. The van der Waals surface area contributed by atoms with E-state index in [0.717, 1.165) is 6.42 Å². The van der Waals surface area contributed by atoms with Crippen LogP contribution in [0.5, 0.6) is 0 Å². The van der Waals surface area contributed by atoms with E-state index in [1.807, 2.05) is 13.0 Å². The van der Waals surface area contributed by atoms with Crippen LogP contribution in [0.25, 0.3) is 0 Å². The Hall–Kier alpha value is -4.32. The molecule has 0 radical (unpaired) electrons. The lowest BCUT2D eigenvalue weighted by molar-refractivity contribution is -0.143. The second-order valence-electron chi connectivity index (χ2n) is 8.38. The Kier molecular flexibility index (Phi) is 8.10. The van der Waals surface area contributed by atoms with Crippen LogP contribution in [0, 0.1) is 11.3 Å². The number of allylic oxidation sites excluding steroid dienone is 1. The fourth-order valence-corrected chi connectivity index (χ4v) is 3.82. The molecule has 35 heavy (non-hydrogen) atoms. The van der Waals surface area contributed by atoms with Crippen LogP contribution >= 0.6 is 0 Å². The Balaban J connectivity index is 1.87. The molecule has 0 aliphatic carbocycles. The van der Waals surface area contributed by atoms with E-state index in [9.17, 15) is 14.4 Å². The highest BCUT2D eigenvalue weighted by Crippen LogP contribution is 2.32. The second kappa shape index (κ2) is 11.2. The molecule has 1 aliphatic heterocycles. The van der Waals surface area contributed by atoms with Gasteiger partial charge in [0, 0.05) is 23.6 Å². The van der Waals surface area contributed by atoms with Crippen molar-refractivity contribution in [2.24, 2.45) is 0 Å². The molecule has 2 aromatic carbocycles. The van der Waals surface area contributed by atoms with Gasteiger partial charge in [0.25, 0.3) is 0 Å². The van der Waals surface area contributed by atoms with Gasteiger partial charge < -0.3 is 20.7 Å². The van der Waals surface area contributed by atoms with Gasteiger partial charge in [-0.1, -0.05) is 25.1 Å². The number of hydrogen-bond acceptors (Lipinski definition) is 5. The normalized spacial score (nSPS) is 15.4. The Labute approximate surface area is 204 Å². The van der Waals surface area contributed by atoms with Crippen LogP contribution < -0.4 is 16.0 Å². The van der Waals surface area contributed by atoms with Gasteiger partial charge in [0.15, 0.2) is 0 Å². The van der Waals surface area contributed by atoms with Crippen molar-refractivity contribution in [2.75, 3.05) is 17.2 Å². The van der Waals surface area contributed by atoms with Gasteiger partial charge in [-0.3, -0.25) is 4.90 Å². The fraction of sp³-hybridized carbons (Fsp3) is 0.308. The Morgan fingerprint density at radius 2 is 1.80 bits per heavy atom. The molecular formula is C26H29N5O4. The summed E-state index contributed by atoms with van der Waals surface area (Å²) < 4.78 is 5.48. The third-order valence-electron chi connectivity index (χ3n) is 5.33. The summed E-state index contributed by atoms with van der Waals surface area (Å²) in [6.07, 6.45) is 0.408. The number of nitriles is 1. The number of nitrogens with one attached hydrogen (secondary N) is 3. The lowest BCUT2D eigenvalue weighted by atomic mass is 9.94. The number of anilines is 2. The van der Waals surface area contributed by atoms with E-state index >= 15 is 0 Å². The number of urea groups is 2. The van der Waals surface area contributed by atoms with Crippen LogP contribution in [0.3, 0.4) is 0 Å². The maximum absolute atomic E-state index is 13.0. The molecule has 1 unspecified atom stereocenters. The zero-order chi connectivity index (χ0) is 25.5. The monoisotopic (exact) mass is 475 g/mol. The average Bonchev–Trinajstić information content (AvgIpc) is 2.81. The molecule has 1 aliphatic rings. The molecular weight excluding hydrogens is 446 g/mol. The second-order valence-corrected chi connectivity index (χ2v) is 8.38. The Morgan fingerprint density at radius 1 is 1.14 bits per heavy atom. The van der Waals surface area contributed by atoms with Crippen LogP contribution in [0.4, 0.5) is 21.0 Å². The molecule has 182 valence electrons. The van der Waals surface area contributed by atoms with Crippen LogP contribution in [0.2, 0.25) is 0 Å². The van der Waals surface area contributed by atoms with E-state index in [4.69, 9.17) is 10.00 Å². The highest BCUT2D eigenvalue weighted by molar-refractivity contribution is 6.00. The highest BCUT2D eigenvalue weighted by atomic mass is 16.5. The molecule has 0 saturated carbocycles. The van der Waals surface area contributed by atoms with E-state index in [0.29, 0.717) is 40.3 Å². The maximum atomic E-state index is 13.0. The number of esters is 1. The quantitative estimate of drug-likeness (QED) is 0.491. The highest BCUT2D eigenvalue weighted by Gasteiger charge is 2.36. The van der Waals surface area contributed by atoms with Crippen LogP contribution in [0.15, 0.2) is 59.8 Å². The van der Waals surface area contributed by atoms with E-state index in [1.165, 1.54) is 0 Å². The molecule has 0 spiro atoms. The van der Waals surface area contributed by atoms with E-state index in [-0.39, 0.29) is 12.1 Å².